The highest BCUT2D eigenvalue weighted by Gasteiger charge is 2.32. The molecule has 0 radical (unpaired) electrons. The number of anilines is 2. The molecule has 0 atom stereocenters. The summed E-state index contributed by atoms with van der Waals surface area (Å²) in [5, 5.41) is 7.82. The smallest absolute Gasteiger partial charge is 0.245 e. The highest BCUT2D eigenvalue weighted by Crippen LogP contribution is 2.33. The summed E-state index contributed by atoms with van der Waals surface area (Å²) in [5.74, 6) is 0.196. The Hall–Kier alpha value is -3.09. The highest BCUT2D eigenvalue weighted by atomic mass is 79.9. The van der Waals surface area contributed by atoms with E-state index in [1.807, 2.05) is 18.2 Å². The number of piperidine rings is 1. The minimum atomic E-state index is -3.89. The monoisotopic (exact) mass is 559 g/mol. The van der Waals surface area contributed by atoms with Crippen LogP contribution in [0.2, 0.25) is 0 Å². The maximum atomic E-state index is 13.7. The van der Waals surface area contributed by atoms with Crippen LogP contribution < -0.4 is 11.1 Å². The predicted molar refractivity (Wildman–Crippen MR) is 134 cm³/mol. The minimum absolute atomic E-state index is 0.0376. The molecule has 4 heterocycles. The van der Waals surface area contributed by atoms with Gasteiger partial charge in [0.05, 0.1) is 16.4 Å². The lowest BCUT2D eigenvalue weighted by Crippen LogP contribution is -2.38. The van der Waals surface area contributed by atoms with Crippen LogP contribution >= 0.6 is 15.9 Å². The molecule has 1 saturated heterocycles. The summed E-state index contributed by atoms with van der Waals surface area (Å²) in [7, 11) is -3.89. The van der Waals surface area contributed by atoms with Gasteiger partial charge in [0, 0.05) is 49.7 Å². The molecule has 35 heavy (non-hydrogen) atoms. The Morgan fingerprint density at radius 2 is 1.97 bits per heavy atom. The first-order chi connectivity index (χ1) is 16.8. The Kier molecular flexibility index (Phi) is 6.43. The van der Waals surface area contributed by atoms with Crippen LogP contribution in [0.3, 0.4) is 0 Å². The Morgan fingerprint density at radius 3 is 2.71 bits per heavy atom. The molecule has 3 N–H and O–H groups in total. The van der Waals surface area contributed by atoms with Gasteiger partial charge >= 0.3 is 0 Å². The van der Waals surface area contributed by atoms with Crippen LogP contribution in [-0.2, 0) is 16.6 Å². The van der Waals surface area contributed by atoms with Crippen molar-refractivity contribution < 1.29 is 12.8 Å². The first-order valence-electron chi connectivity index (χ1n) is 11.0. The molecule has 0 saturated carbocycles. The van der Waals surface area contributed by atoms with Gasteiger partial charge in [-0.3, -0.25) is 4.98 Å². The van der Waals surface area contributed by atoms with E-state index >= 15 is 0 Å². The lowest BCUT2D eigenvalue weighted by Gasteiger charge is -2.31. The van der Waals surface area contributed by atoms with Crippen LogP contribution in [0.15, 0.2) is 64.4 Å². The molecule has 0 spiro atoms. The first-order valence-corrected chi connectivity index (χ1v) is 13.3. The molecular weight excluding hydrogens is 537 g/mol. The SMILES string of the molecule is Nc1ccc(F)cc1S(=O)(=O)N1CCC(c2cc(NCc3cccnc3)n3ncc(Br)c3n2)CC1. The summed E-state index contributed by atoms with van der Waals surface area (Å²) in [6.45, 7) is 1.14. The van der Waals surface area contributed by atoms with Crippen molar-refractivity contribution in [3.63, 3.8) is 0 Å². The minimum Gasteiger partial charge on any atom is -0.398 e. The summed E-state index contributed by atoms with van der Waals surface area (Å²) in [6, 6.07) is 9.23. The second kappa shape index (κ2) is 9.51. The molecule has 0 bridgehead atoms. The van der Waals surface area contributed by atoms with Gasteiger partial charge in [0.2, 0.25) is 10.0 Å². The van der Waals surface area contributed by atoms with Crippen molar-refractivity contribution in [3.8, 4) is 0 Å². The maximum Gasteiger partial charge on any atom is 0.245 e. The first kappa shape index (κ1) is 23.6. The fraction of sp³-hybridized carbons (Fsp3) is 0.261. The number of hydrogen-bond acceptors (Lipinski definition) is 7. The third-order valence-corrected chi connectivity index (χ3v) is 8.62. The molecule has 3 aromatic heterocycles. The Labute approximate surface area is 210 Å². The van der Waals surface area contributed by atoms with Crippen molar-refractivity contribution in [2.45, 2.75) is 30.2 Å². The van der Waals surface area contributed by atoms with Crippen molar-refractivity contribution in [1.82, 2.24) is 23.9 Å². The lowest BCUT2D eigenvalue weighted by atomic mass is 9.94. The number of fused-ring (bicyclic) bond motifs is 1. The molecule has 1 aromatic carbocycles. The van der Waals surface area contributed by atoms with Crippen molar-refractivity contribution in [2.24, 2.45) is 0 Å². The zero-order valence-corrected chi connectivity index (χ0v) is 21.0. The van der Waals surface area contributed by atoms with E-state index in [9.17, 15) is 12.8 Å². The number of nitrogens with one attached hydrogen (secondary N) is 1. The zero-order valence-electron chi connectivity index (χ0n) is 18.6. The van der Waals surface area contributed by atoms with E-state index in [4.69, 9.17) is 10.7 Å². The number of rotatable bonds is 6. The van der Waals surface area contributed by atoms with E-state index in [0.717, 1.165) is 33.7 Å². The van der Waals surface area contributed by atoms with Gasteiger partial charge in [-0.05, 0) is 58.6 Å². The Morgan fingerprint density at radius 1 is 1.17 bits per heavy atom. The van der Waals surface area contributed by atoms with Crippen LogP contribution in [0.1, 0.15) is 30.0 Å². The third kappa shape index (κ3) is 4.73. The Bertz CT molecular complexity index is 1470. The lowest BCUT2D eigenvalue weighted by molar-refractivity contribution is 0.317. The van der Waals surface area contributed by atoms with Gasteiger partial charge in [-0.15, -0.1) is 0 Å². The van der Waals surface area contributed by atoms with Crippen molar-refractivity contribution >= 4 is 43.1 Å². The average molecular weight is 560 g/mol. The number of benzene rings is 1. The van der Waals surface area contributed by atoms with Crippen molar-refractivity contribution in [2.75, 3.05) is 24.1 Å². The van der Waals surface area contributed by atoms with E-state index < -0.39 is 15.8 Å². The average Bonchev–Trinajstić information content (AvgIpc) is 3.25. The fourth-order valence-electron chi connectivity index (χ4n) is 4.25. The van der Waals surface area contributed by atoms with E-state index in [-0.39, 0.29) is 29.6 Å². The van der Waals surface area contributed by atoms with Gasteiger partial charge in [0.1, 0.15) is 16.5 Å². The molecule has 4 aromatic rings. The summed E-state index contributed by atoms with van der Waals surface area (Å²) in [6.07, 6.45) is 6.37. The van der Waals surface area contributed by atoms with Crippen LogP contribution in [0, 0.1) is 5.82 Å². The molecule has 1 fully saturated rings. The number of nitrogens with zero attached hydrogens (tertiary/aromatic N) is 5. The molecule has 0 unspecified atom stereocenters. The normalized spacial score (nSPS) is 15.5. The number of nitrogen functional groups attached to an aromatic ring is 1. The summed E-state index contributed by atoms with van der Waals surface area (Å²) >= 11 is 3.52. The predicted octanol–water partition coefficient (Wildman–Crippen LogP) is 3.79. The van der Waals surface area contributed by atoms with E-state index in [1.54, 1.807) is 23.1 Å². The number of nitrogens with two attached hydrogens (primary N) is 1. The number of halogens is 2. The molecule has 0 aliphatic carbocycles. The van der Waals surface area contributed by atoms with Gasteiger partial charge in [-0.25, -0.2) is 17.8 Å². The molecule has 182 valence electrons. The topological polar surface area (TPSA) is 119 Å². The van der Waals surface area contributed by atoms with Gasteiger partial charge in [0.25, 0.3) is 0 Å². The summed E-state index contributed by atoms with van der Waals surface area (Å²) < 4.78 is 43.8. The molecule has 1 aliphatic heterocycles. The van der Waals surface area contributed by atoms with Gasteiger partial charge < -0.3 is 11.1 Å². The number of aromatic nitrogens is 4. The molecule has 1 aliphatic rings. The van der Waals surface area contributed by atoms with Gasteiger partial charge in [0.15, 0.2) is 5.65 Å². The quantitative estimate of drug-likeness (QED) is 0.345. The van der Waals surface area contributed by atoms with Crippen LogP contribution in [0.5, 0.6) is 0 Å². The standard InChI is InChI=1S/C23H23BrFN7O2S/c24-18-14-29-32-22(28-13-15-2-1-7-27-12-15)11-20(30-23(18)32)16-5-8-31(9-6-16)35(33,34)21-10-17(25)3-4-19(21)26/h1-4,7,10-12,14,16,28H,5-6,8-9,13,26H2. The zero-order chi connectivity index (χ0) is 24.6. The Balaban J connectivity index is 1.37. The summed E-state index contributed by atoms with van der Waals surface area (Å²) in [5.41, 5.74) is 8.44. The second-order valence-electron chi connectivity index (χ2n) is 8.37. The van der Waals surface area contributed by atoms with E-state index in [2.05, 4.69) is 31.3 Å². The molecule has 12 heteroatoms. The highest BCUT2D eigenvalue weighted by molar-refractivity contribution is 9.10. The molecule has 9 nitrogen and oxygen atoms in total. The van der Waals surface area contributed by atoms with Crippen LogP contribution in [0.4, 0.5) is 15.9 Å². The van der Waals surface area contributed by atoms with Crippen LogP contribution in [-0.4, -0.2) is 45.4 Å². The van der Waals surface area contributed by atoms with Gasteiger partial charge in [-0.2, -0.15) is 13.9 Å². The van der Waals surface area contributed by atoms with E-state index in [0.29, 0.717) is 25.0 Å². The van der Waals surface area contributed by atoms with Crippen molar-refractivity contribution in [3.05, 3.63) is 76.5 Å². The molecular formula is C23H23BrFN7O2S. The molecule has 0 amide bonds. The van der Waals surface area contributed by atoms with Gasteiger partial charge in [-0.1, -0.05) is 6.07 Å². The van der Waals surface area contributed by atoms with Crippen molar-refractivity contribution in [1.29, 1.82) is 0 Å². The fourth-order valence-corrected chi connectivity index (χ4v) is 6.19. The van der Waals surface area contributed by atoms with E-state index in [1.165, 1.54) is 10.4 Å². The number of sulfonamides is 1. The number of hydrogen-bond donors (Lipinski definition) is 2. The summed E-state index contributed by atoms with van der Waals surface area (Å²) in [4.78, 5) is 8.76. The largest absolute Gasteiger partial charge is 0.398 e. The maximum absolute atomic E-state index is 13.7. The molecule has 5 rings (SSSR count). The number of pyridine rings is 1. The van der Waals surface area contributed by atoms with Crippen LogP contribution in [0.25, 0.3) is 5.65 Å². The second-order valence-corrected chi connectivity index (χ2v) is 11.1. The third-order valence-electron chi connectivity index (χ3n) is 6.11.